The van der Waals surface area contributed by atoms with Crippen LogP contribution in [0.1, 0.15) is 26.7 Å². The number of likely N-dealkylation sites (tertiary alicyclic amines) is 1. The van der Waals surface area contributed by atoms with E-state index in [2.05, 4.69) is 26.2 Å². The smallest absolute Gasteiger partial charge is 0.410 e. The molecule has 3 aliphatic rings. The molecule has 0 spiro atoms. The van der Waals surface area contributed by atoms with Gasteiger partial charge in [0.05, 0.1) is 36.8 Å². The Morgan fingerprint density at radius 2 is 2.00 bits per heavy atom. The maximum absolute atomic E-state index is 13.0. The molecule has 3 heterocycles. The number of carboxylic acid groups (broad SMARTS) is 1. The maximum Gasteiger partial charge on any atom is 0.410 e. The molecule has 0 aliphatic carbocycles. The van der Waals surface area contributed by atoms with Crippen LogP contribution < -0.4 is 0 Å². The molecule has 2 fully saturated rings. The van der Waals surface area contributed by atoms with E-state index in [0.717, 1.165) is 5.57 Å². The van der Waals surface area contributed by atoms with Crippen molar-refractivity contribution in [2.75, 3.05) is 20.3 Å². The zero-order chi connectivity index (χ0) is 25.4. The molecular weight excluding hydrogens is 456 g/mol. The zero-order valence-electron chi connectivity index (χ0n) is 20.9. The first-order valence-electron chi connectivity index (χ1n) is 11.6. The van der Waals surface area contributed by atoms with Crippen LogP contribution in [0.25, 0.3) is 0 Å². The zero-order valence-corrected chi connectivity index (χ0v) is 21.9. The fraction of sp³-hybridized carbons (Fsp3) is 0.625. The molecule has 9 nitrogen and oxygen atoms in total. The van der Waals surface area contributed by atoms with Gasteiger partial charge in [-0.15, -0.1) is 0 Å². The molecule has 1 N–H and O–H groups in total. The van der Waals surface area contributed by atoms with E-state index in [4.69, 9.17) is 13.9 Å². The lowest BCUT2D eigenvalue weighted by atomic mass is 9.82. The SMILES string of the molecule is C=CCOC(=O)N1C[C@@H](OC)C[C@H]1/C=C(\C)C1=C(C(=O)O)N2C(=O)[C@H]([C@@H](C)O[Si](C)(C)C)[C@H]2C1. The summed E-state index contributed by atoms with van der Waals surface area (Å²) >= 11 is 0. The molecule has 0 bridgehead atoms. The average molecular weight is 493 g/mol. The Morgan fingerprint density at radius 1 is 1.32 bits per heavy atom. The number of carbonyl (C=O) groups is 3. The minimum absolute atomic E-state index is 0.0299. The highest BCUT2D eigenvalue weighted by atomic mass is 28.4. The Labute approximate surface area is 202 Å². The lowest BCUT2D eigenvalue weighted by Crippen LogP contribution is -2.63. The van der Waals surface area contributed by atoms with Crippen LogP contribution in [-0.4, -0.2) is 85.7 Å². The lowest BCUT2D eigenvalue weighted by Gasteiger charge is -2.47. The number of methoxy groups -OCH3 is 1. The van der Waals surface area contributed by atoms with Gasteiger partial charge in [0.1, 0.15) is 12.3 Å². The number of aliphatic carboxylic acids is 1. The van der Waals surface area contributed by atoms with Crippen LogP contribution in [-0.2, 0) is 23.5 Å². The van der Waals surface area contributed by atoms with Gasteiger partial charge in [-0.1, -0.05) is 18.7 Å². The molecule has 188 valence electrons. The normalized spacial score (nSPS) is 28.1. The van der Waals surface area contributed by atoms with Gasteiger partial charge >= 0.3 is 12.1 Å². The number of fused-ring (bicyclic) bond motifs is 1. The van der Waals surface area contributed by atoms with Crippen molar-refractivity contribution in [3.63, 3.8) is 0 Å². The second-order valence-corrected chi connectivity index (χ2v) is 14.6. The molecule has 0 unspecified atom stereocenters. The fourth-order valence-electron chi connectivity index (χ4n) is 5.20. The van der Waals surface area contributed by atoms with Crippen molar-refractivity contribution in [2.45, 2.75) is 70.6 Å². The number of amides is 2. The van der Waals surface area contributed by atoms with E-state index >= 15 is 0 Å². The Bertz CT molecular complexity index is 923. The van der Waals surface area contributed by atoms with Gasteiger partial charge in [-0.3, -0.25) is 9.69 Å². The van der Waals surface area contributed by atoms with Crippen LogP contribution in [0.3, 0.4) is 0 Å². The first kappa shape index (κ1) is 26.2. The Morgan fingerprint density at radius 3 is 2.56 bits per heavy atom. The number of nitrogens with zero attached hydrogens (tertiary/aromatic N) is 2. The summed E-state index contributed by atoms with van der Waals surface area (Å²) in [6.07, 6.45) is 3.52. The highest BCUT2D eigenvalue weighted by Gasteiger charge is 2.57. The van der Waals surface area contributed by atoms with Gasteiger partial charge in [-0.25, -0.2) is 9.59 Å². The van der Waals surface area contributed by atoms with Crippen molar-refractivity contribution in [1.82, 2.24) is 9.80 Å². The summed E-state index contributed by atoms with van der Waals surface area (Å²) in [4.78, 5) is 40.7. The number of rotatable bonds is 9. The van der Waals surface area contributed by atoms with Crippen LogP contribution in [0.2, 0.25) is 19.6 Å². The van der Waals surface area contributed by atoms with E-state index < -0.39 is 20.4 Å². The molecule has 0 aromatic carbocycles. The van der Waals surface area contributed by atoms with Gasteiger partial charge in [0.2, 0.25) is 5.91 Å². The third-order valence-corrected chi connectivity index (χ3v) is 7.65. The molecule has 5 atom stereocenters. The first-order chi connectivity index (χ1) is 15.9. The summed E-state index contributed by atoms with van der Waals surface area (Å²) < 4.78 is 16.8. The highest BCUT2D eigenvalue weighted by Crippen LogP contribution is 2.46. The van der Waals surface area contributed by atoms with Crippen molar-refractivity contribution >= 4 is 26.3 Å². The summed E-state index contributed by atoms with van der Waals surface area (Å²) in [7, 11) is -0.263. The molecule has 0 saturated carbocycles. The van der Waals surface area contributed by atoms with Crippen molar-refractivity contribution in [1.29, 1.82) is 0 Å². The lowest BCUT2D eigenvalue weighted by molar-refractivity contribution is -0.160. The Balaban J connectivity index is 1.85. The molecule has 2 amide bonds. The molecule has 3 rings (SSSR count). The molecule has 10 heteroatoms. The Hall–Kier alpha value is -2.43. The number of carbonyl (C=O) groups excluding carboxylic acids is 2. The molecule has 0 radical (unpaired) electrons. The van der Waals surface area contributed by atoms with Crippen molar-refractivity contribution in [2.24, 2.45) is 5.92 Å². The number of β-lactam (4-membered cyclic amide) rings is 1. The van der Waals surface area contributed by atoms with Gasteiger partial charge in [0, 0.05) is 7.11 Å². The quantitative estimate of drug-likeness (QED) is 0.299. The predicted octanol–water partition coefficient (Wildman–Crippen LogP) is 3.15. The van der Waals surface area contributed by atoms with Crippen LogP contribution in [0.15, 0.2) is 35.6 Å². The van der Waals surface area contributed by atoms with Crippen LogP contribution in [0, 0.1) is 5.92 Å². The largest absolute Gasteiger partial charge is 0.477 e. The van der Waals surface area contributed by atoms with Gasteiger partial charge in [-0.2, -0.15) is 0 Å². The number of ether oxygens (including phenoxy) is 2. The van der Waals surface area contributed by atoms with E-state index in [0.29, 0.717) is 25.0 Å². The Kier molecular flexibility index (Phi) is 7.74. The third kappa shape index (κ3) is 5.13. The highest BCUT2D eigenvalue weighted by molar-refractivity contribution is 6.69. The summed E-state index contributed by atoms with van der Waals surface area (Å²) in [5.74, 6) is -1.69. The van der Waals surface area contributed by atoms with E-state index in [1.165, 1.54) is 11.0 Å². The van der Waals surface area contributed by atoms with Crippen LogP contribution in [0.5, 0.6) is 0 Å². The van der Waals surface area contributed by atoms with Crippen LogP contribution in [0.4, 0.5) is 4.79 Å². The van der Waals surface area contributed by atoms with Crippen molar-refractivity contribution in [3.05, 3.63) is 35.6 Å². The van der Waals surface area contributed by atoms with Crippen molar-refractivity contribution < 1.29 is 33.4 Å². The minimum Gasteiger partial charge on any atom is -0.477 e. The predicted molar refractivity (Wildman–Crippen MR) is 129 cm³/mol. The number of carboxylic acids is 1. The third-order valence-electron chi connectivity index (χ3n) is 6.57. The summed E-state index contributed by atoms with van der Waals surface area (Å²) in [5, 5.41) is 9.94. The van der Waals surface area contributed by atoms with Crippen LogP contribution >= 0.6 is 0 Å². The minimum atomic E-state index is -1.86. The average Bonchev–Trinajstić information content (AvgIpc) is 3.29. The molecular formula is C24H36N2O7Si. The van der Waals surface area contributed by atoms with Gasteiger partial charge in [-0.05, 0) is 57.5 Å². The summed E-state index contributed by atoms with van der Waals surface area (Å²) in [6.45, 7) is 14.0. The standard InChI is InChI=1S/C24H36N2O7Si/c1-8-9-32-24(30)25-13-17(31-4)11-16(25)10-14(2)18-12-19-20(15(3)33-34(5,6)7)22(27)26(19)21(18)23(28)29/h8,10,15-17,19-20H,1,9,11-13H2,2-7H3,(H,28,29)/b14-10+/t15-,16-,17+,19-,20-/m1/s1. The summed E-state index contributed by atoms with van der Waals surface area (Å²) in [6, 6.07) is -0.536. The van der Waals surface area contributed by atoms with Crippen molar-refractivity contribution in [3.8, 4) is 0 Å². The van der Waals surface area contributed by atoms with Gasteiger partial charge in [0.15, 0.2) is 8.32 Å². The maximum atomic E-state index is 13.0. The number of hydrogen-bond acceptors (Lipinski definition) is 6. The molecule has 34 heavy (non-hydrogen) atoms. The summed E-state index contributed by atoms with van der Waals surface area (Å²) in [5.41, 5.74) is 1.39. The second kappa shape index (κ2) is 10.0. The molecule has 2 saturated heterocycles. The monoisotopic (exact) mass is 492 g/mol. The molecule has 3 aliphatic heterocycles. The second-order valence-electron chi connectivity index (χ2n) is 10.1. The fourth-order valence-corrected chi connectivity index (χ4v) is 6.47. The first-order valence-corrected chi connectivity index (χ1v) is 15.0. The topological polar surface area (TPSA) is 106 Å². The van der Waals surface area contributed by atoms with E-state index in [1.807, 2.05) is 19.9 Å². The molecule has 0 aromatic heterocycles. The number of allylic oxidation sites excluding steroid dienone is 1. The van der Waals surface area contributed by atoms with Gasteiger partial charge in [0.25, 0.3) is 0 Å². The number of hydrogen-bond donors (Lipinski definition) is 1. The van der Waals surface area contributed by atoms with E-state index in [9.17, 15) is 19.5 Å². The van der Waals surface area contributed by atoms with E-state index in [-0.39, 0.29) is 48.4 Å². The van der Waals surface area contributed by atoms with Gasteiger partial charge < -0.3 is 23.9 Å². The molecule has 0 aromatic rings. The van der Waals surface area contributed by atoms with E-state index in [1.54, 1.807) is 12.0 Å².